The lowest BCUT2D eigenvalue weighted by Crippen LogP contribution is -2.29. The number of halogens is 1. The van der Waals surface area contributed by atoms with Crippen LogP contribution in [0.15, 0.2) is 4.47 Å². The van der Waals surface area contributed by atoms with Gasteiger partial charge in [-0.05, 0) is 60.0 Å². The van der Waals surface area contributed by atoms with E-state index in [1.54, 1.807) is 0 Å². The summed E-state index contributed by atoms with van der Waals surface area (Å²) in [5.74, 6) is 1.37. The molecule has 1 heterocycles. The van der Waals surface area contributed by atoms with Gasteiger partial charge in [0, 0.05) is 13.1 Å². The fourth-order valence-corrected chi connectivity index (χ4v) is 3.22. The van der Waals surface area contributed by atoms with E-state index >= 15 is 0 Å². The van der Waals surface area contributed by atoms with E-state index in [4.69, 9.17) is 0 Å². The average molecular weight is 328 g/mol. The zero-order valence-electron chi connectivity index (χ0n) is 12.5. The Labute approximate surface area is 125 Å². The maximum atomic E-state index is 4.60. The molecule has 0 amide bonds. The van der Waals surface area contributed by atoms with E-state index in [2.05, 4.69) is 58.8 Å². The average Bonchev–Trinajstić information content (AvgIpc) is 3.14. The second-order valence-corrected chi connectivity index (χ2v) is 6.87. The van der Waals surface area contributed by atoms with Crippen molar-refractivity contribution in [2.24, 2.45) is 18.9 Å². The van der Waals surface area contributed by atoms with Crippen LogP contribution in [0.5, 0.6) is 0 Å². The second-order valence-electron chi connectivity index (χ2n) is 6.08. The molecule has 1 aliphatic rings. The Bertz CT molecular complexity index is 421. The smallest absolute Gasteiger partial charge is 0.0766 e. The van der Waals surface area contributed by atoms with Gasteiger partial charge in [-0.3, -0.25) is 4.68 Å². The van der Waals surface area contributed by atoms with Crippen LogP contribution in [0.3, 0.4) is 0 Å². The van der Waals surface area contributed by atoms with E-state index in [0.717, 1.165) is 25.4 Å². The quantitative estimate of drug-likeness (QED) is 0.832. The summed E-state index contributed by atoms with van der Waals surface area (Å²) < 4.78 is 3.27. The van der Waals surface area contributed by atoms with Crippen molar-refractivity contribution < 1.29 is 0 Å². The molecule has 3 nitrogen and oxygen atoms in total. The first kappa shape index (κ1) is 15.0. The fourth-order valence-electron chi connectivity index (χ4n) is 2.44. The first-order valence-corrected chi connectivity index (χ1v) is 8.25. The predicted octanol–water partition coefficient (Wildman–Crippen LogP) is 3.31. The highest BCUT2D eigenvalue weighted by atomic mass is 79.9. The number of rotatable bonds is 7. The molecule has 1 fully saturated rings. The van der Waals surface area contributed by atoms with Gasteiger partial charge in [0.2, 0.25) is 0 Å². The van der Waals surface area contributed by atoms with E-state index in [0.29, 0.717) is 11.8 Å². The van der Waals surface area contributed by atoms with Crippen molar-refractivity contribution in [3.8, 4) is 0 Å². The van der Waals surface area contributed by atoms with Crippen molar-refractivity contribution in [2.45, 2.75) is 52.5 Å². The van der Waals surface area contributed by atoms with Gasteiger partial charge >= 0.3 is 0 Å². The van der Waals surface area contributed by atoms with Gasteiger partial charge in [-0.25, -0.2) is 0 Å². The highest BCUT2D eigenvalue weighted by Crippen LogP contribution is 2.27. The lowest BCUT2D eigenvalue weighted by molar-refractivity contribution is 0.352. The van der Waals surface area contributed by atoms with Gasteiger partial charge < -0.3 is 5.32 Å². The third-order valence-electron chi connectivity index (χ3n) is 4.15. The van der Waals surface area contributed by atoms with Crippen LogP contribution < -0.4 is 5.32 Å². The molecule has 0 saturated heterocycles. The van der Waals surface area contributed by atoms with Crippen LogP contribution in [-0.2, 0) is 19.9 Å². The Morgan fingerprint density at radius 1 is 1.42 bits per heavy atom. The van der Waals surface area contributed by atoms with Gasteiger partial charge in [-0.15, -0.1) is 0 Å². The molecular weight excluding hydrogens is 302 g/mol. The Morgan fingerprint density at radius 2 is 2.11 bits per heavy atom. The summed E-state index contributed by atoms with van der Waals surface area (Å²) in [4.78, 5) is 0. The molecule has 1 unspecified atom stereocenters. The molecule has 108 valence electrons. The maximum Gasteiger partial charge on any atom is 0.0766 e. The second kappa shape index (κ2) is 6.40. The third-order valence-corrected chi connectivity index (χ3v) is 5.06. The van der Waals surface area contributed by atoms with E-state index < -0.39 is 0 Å². The van der Waals surface area contributed by atoms with Crippen LogP contribution in [0.25, 0.3) is 0 Å². The minimum Gasteiger partial charge on any atom is -0.314 e. The first-order valence-electron chi connectivity index (χ1n) is 7.46. The molecule has 1 aliphatic carbocycles. The lowest BCUT2D eigenvalue weighted by atomic mass is 9.91. The largest absolute Gasteiger partial charge is 0.314 e. The minimum absolute atomic E-state index is 0.678. The van der Waals surface area contributed by atoms with Crippen molar-refractivity contribution in [3.63, 3.8) is 0 Å². The fraction of sp³-hybridized carbons (Fsp3) is 0.800. The van der Waals surface area contributed by atoms with Crippen molar-refractivity contribution in [3.05, 3.63) is 15.9 Å². The molecule has 19 heavy (non-hydrogen) atoms. The zero-order chi connectivity index (χ0) is 14.0. The van der Waals surface area contributed by atoms with Gasteiger partial charge in [-0.2, -0.15) is 5.10 Å². The maximum absolute atomic E-state index is 4.60. The number of nitrogens with one attached hydrogen (secondary N) is 1. The monoisotopic (exact) mass is 327 g/mol. The number of nitrogens with zero attached hydrogens (tertiary/aromatic N) is 2. The Hall–Kier alpha value is -0.350. The molecular formula is C15H26BrN3. The van der Waals surface area contributed by atoms with Gasteiger partial charge in [-0.1, -0.05) is 20.8 Å². The Balaban J connectivity index is 2.04. The molecule has 2 rings (SSSR count). The lowest BCUT2D eigenvalue weighted by Gasteiger charge is -2.21. The molecule has 0 aliphatic heterocycles. The molecule has 4 heteroatoms. The van der Waals surface area contributed by atoms with Gasteiger partial charge in [0.15, 0.2) is 0 Å². The summed E-state index contributed by atoms with van der Waals surface area (Å²) in [6.07, 6.45) is 4.81. The van der Waals surface area contributed by atoms with Crippen molar-refractivity contribution in [2.75, 3.05) is 6.54 Å². The van der Waals surface area contributed by atoms with Crippen LogP contribution >= 0.6 is 15.9 Å². The molecule has 1 N–H and O–H groups in total. The van der Waals surface area contributed by atoms with E-state index in [-0.39, 0.29) is 0 Å². The molecule has 0 spiro atoms. The summed E-state index contributed by atoms with van der Waals surface area (Å²) in [6.45, 7) is 7.93. The zero-order valence-corrected chi connectivity index (χ0v) is 14.1. The molecule has 1 aromatic rings. The number of aromatic nitrogens is 2. The van der Waals surface area contributed by atoms with E-state index in [1.165, 1.54) is 28.7 Å². The van der Waals surface area contributed by atoms with Crippen LogP contribution in [-0.4, -0.2) is 22.4 Å². The SMILES string of the molecule is CCc1nn(C)c(CC(CNC2CC2)C(C)C)c1Br. The van der Waals surface area contributed by atoms with Gasteiger partial charge in [0.25, 0.3) is 0 Å². The molecule has 1 aromatic heterocycles. The van der Waals surface area contributed by atoms with E-state index in [1.807, 2.05) is 0 Å². The van der Waals surface area contributed by atoms with Gasteiger partial charge in [0.05, 0.1) is 15.9 Å². The third kappa shape index (κ3) is 3.82. The number of aryl methyl sites for hydroxylation is 2. The first-order chi connectivity index (χ1) is 9.02. The van der Waals surface area contributed by atoms with Gasteiger partial charge in [0.1, 0.15) is 0 Å². The Morgan fingerprint density at radius 3 is 2.58 bits per heavy atom. The highest BCUT2D eigenvalue weighted by molar-refractivity contribution is 9.10. The Kier molecular flexibility index (Phi) is 5.07. The highest BCUT2D eigenvalue weighted by Gasteiger charge is 2.24. The van der Waals surface area contributed by atoms with E-state index in [9.17, 15) is 0 Å². The number of hydrogen-bond donors (Lipinski definition) is 1. The van der Waals surface area contributed by atoms with Crippen molar-refractivity contribution >= 4 is 15.9 Å². The molecule has 0 bridgehead atoms. The van der Waals surface area contributed by atoms with Crippen LogP contribution in [0.4, 0.5) is 0 Å². The van der Waals surface area contributed by atoms with Crippen LogP contribution in [0.1, 0.15) is 45.0 Å². The molecule has 1 atom stereocenters. The summed E-state index contributed by atoms with van der Waals surface area (Å²) in [6, 6.07) is 0.794. The summed E-state index contributed by atoms with van der Waals surface area (Å²) in [5.41, 5.74) is 2.52. The summed E-state index contributed by atoms with van der Waals surface area (Å²) >= 11 is 3.73. The predicted molar refractivity (Wildman–Crippen MR) is 83.3 cm³/mol. The number of hydrogen-bond acceptors (Lipinski definition) is 2. The van der Waals surface area contributed by atoms with Crippen molar-refractivity contribution in [1.29, 1.82) is 0 Å². The van der Waals surface area contributed by atoms with Crippen molar-refractivity contribution in [1.82, 2.24) is 15.1 Å². The standard InChI is InChI=1S/C15H26BrN3/c1-5-13-15(16)14(19(4)18-13)8-11(10(2)3)9-17-12-6-7-12/h10-12,17H,5-9H2,1-4H3. The molecule has 0 radical (unpaired) electrons. The normalized spacial score (nSPS) is 17.2. The topological polar surface area (TPSA) is 29.9 Å². The van der Waals surface area contributed by atoms with Crippen LogP contribution in [0, 0.1) is 11.8 Å². The summed E-state index contributed by atoms with van der Waals surface area (Å²) in [7, 11) is 2.06. The minimum atomic E-state index is 0.678. The summed E-state index contributed by atoms with van der Waals surface area (Å²) in [5, 5.41) is 8.27. The molecule has 1 saturated carbocycles. The van der Waals surface area contributed by atoms with Crippen LogP contribution in [0.2, 0.25) is 0 Å². The molecule has 0 aromatic carbocycles.